The molecule has 1 aliphatic heterocycles. The molecule has 5 rings (SSSR count). The molecule has 0 aliphatic carbocycles. The average molecular weight is 550 g/mol. The summed E-state index contributed by atoms with van der Waals surface area (Å²) in [6, 6.07) is 22.7. The number of thiocarbonyl (C=S) groups is 1. The predicted molar refractivity (Wildman–Crippen MR) is 152 cm³/mol. The fraction of sp³-hybridized carbons (Fsp3) is 0.241. The van der Waals surface area contributed by atoms with Crippen molar-refractivity contribution in [3.05, 3.63) is 95.5 Å². The molecule has 2 aromatic heterocycles. The van der Waals surface area contributed by atoms with E-state index in [2.05, 4.69) is 10.3 Å². The van der Waals surface area contributed by atoms with Crippen LogP contribution in [0.5, 0.6) is 11.5 Å². The summed E-state index contributed by atoms with van der Waals surface area (Å²) in [5, 5.41) is 4.47. The first-order chi connectivity index (χ1) is 18.6. The molecule has 196 valence electrons. The summed E-state index contributed by atoms with van der Waals surface area (Å²) in [5.74, 6) is 2.90. The second kappa shape index (κ2) is 11.9. The van der Waals surface area contributed by atoms with Crippen molar-refractivity contribution in [1.82, 2.24) is 10.3 Å². The Kier molecular flexibility index (Phi) is 8.12. The van der Waals surface area contributed by atoms with Crippen molar-refractivity contribution in [2.75, 3.05) is 31.8 Å². The van der Waals surface area contributed by atoms with Crippen LogP contribution in [0.3, 0.4) is 0 Å². The minimum absolute atomic E-state index is 0.237. The lowest BCUT2D eigenvalue weighted by atomic mass is 10.0. The quantitative estimate of drug-likeness (QED) is 0.175. The molecule has 38 heavy (non-hydrogen) atoms. The van der Waals surface area contributed by atoms with Crippen molar-refractivity contribution < 1.29 is 18.6 Å². The Balaban J connectivity index is 1.50. The van der Waals surface area contributed by atoms with Gasteiger partial charge in [-0.1, -0.05) is 17.7 Å². The molecular formula is C29H28ClN3O4S. The molecule has 0 radical (unpaired) electrons. The highest BCUT2D eigenvalue weighted by molar-refractivity contribution is 7.80. The van der Waals surface area contributed by atoms with Crippen LogP contribution in [0.2, 0.25) is 5.02 Å². The number of hydrogen-bond donors (Lipinski definition) is 1. The largest absolute Gasteiger partial charge is 0.494 e. The van der Waals surface area contributed by atoms with Crippen LogP contribution in [-0.2, 0) is 4.74 Å². The number of methoxy groups -OCH3 is 1. The maximum atomic E-state index is 6.60. The van der Waals surface area contributed by atoms with Crippen LogP contribution in [0, 0.1) is 0 Å². The molecule has 0 bridgehead atoms. The van der Waals surface area contributed by atoms with E-state index in [1.165, 1.54) is 0 Å². The molecular weight excluding hydrogens is 522 g/mol. The van der Waals surface area contributed by atoms with Gasteiger partial charge in [0.05, 0.1) is 30.0 Å². The third-order valence-electron chi connectivity index (χ3n) is 6.20. The van der Waals surface area contributed by atoms with Gasteiger partial charge in [-0.15, -0.1) is 0 Å². The molecule has 9 heteroatoms. The van der Waals surface area contributed by atoms with Gasteiger partial charge in [0.25, 0.3) is 0 Å². The summed E-state index contributed by atoms with van der Waals surface area (Å²) in [6.07, 6.45) is 1.77. The van der Waals surface area contributed by atoms with E-state index >= 15 is 0 Å². The summed E-state index contributed by atoms with van der Waals surface area (Å²) >= 11 is 12.4. The van der Waals surface area contributed by atoms with Gasteiger partial charge < -0.3 is 28.8 Å². The van der Waals surface area contributed by atoms with Crippen LogP contribution in [0.25, 0.3) is 11.3 Å². The zero-order valence-corrected chi connectivity index (χ0v) is 22.7. The molecule has 0 amide bonds. The molecule has 1 fully saturated rings. The lowest BCUT2D eigenvalue weighted by Crippen LogP contribution is -2.29. The monoisotopic (exact) mass is 549 g/mol. The normalized spacial score (nSPS) is 16.9. The SMILES string of the molecule is CCOc1ccc(-c2ccc([C@H]3[C@H](c4ccccn4)NC(=S)N3c3ccc(OCCOC)c(Cl)c3)o2)cc1. The second-order valence-corrected chi connectivity index (χ2v) is 9.41. The van der Waals surface area contributed by atoms with Gasteiger partial charge in [0.15, 0.2) is 5.11 Å². The van der Waals surface area contributed by atoms with E-state index in [1.54, 1.807) is 13.3 Å². The number of nitrogens with zero attached hydrogens (tertiary/aromatic N) is 2. The number of anilines is 1. The molecule has 3 heterocycles. The van der Waals surface area contributed by atoms with Crippen molar-refractivity contribution in [1.29, 1.82) is 0 Å². The molecule has 0 unspecified atom stereocenters. The fourth-order valence-electron chi connectivity index (χ4n) is 4.46. The summed E-state index contributed by atoms with van der Waals surface area (Å²) in [4.78, 5) is 6.62. The van der Waals surface area contributed by atoms with Gasteiger partial charge >= 0.3 is 0 Å². The van der Waals surface area contributed by atoms with Crippen LogP contribution >= 0.6 is 23.8 Å². The van der Waals surface area contributed by atoms with Crippen molar-refractivity contribution in [2.45, 2.75) is 19.0 Å². The standard InChI is InChI=1S/C29H28ClN3O4S/c1-3-35-21-10-7-19(8-11-21)24-13-14-26(37-24)28-27(23-6-4-5-15-31-23)32-29(38)33(28)20-9-12-25(22(30)18-20)36-17-16-34-2/h4-15,18,27-28H,3,16-17H2,1-2H3,(H,32,38)/t27-,28-/m0/s1. The van der Waals surface area contributed by atoms with Gasteiger partial charge in [-0.3, -0.25) is 4.98 Å². The molecule has 2 aromatic carbocycles. The van der Waals surface area contributed by atoms with E-state index < -0.39 is 0 Å². The lowest BCUT2D eigenvalue weighted by molar-refractivity contribution is 0.146. The van der Waals surface area contributed by atoms with Gasteiger partial charge in [0.1, 0.15) is 35.7 Å². The van der Waals surface area contributed by atoms with Crippen LogP contribution < -0.4 is 19.7 Å². The van der Waals surface area contributed by atoms with Gasteiger partial charge in [-0.05, 0) is 85.9 Å². The number of hydrogen-bond acceptors (Lipinski definition) is 6. The summed E-state index contributed by atoms with van der Waals surface area (Å²) < 4.78 is 22.8. The number of nitrogens with one attached hydrogen (secondary N) is 1. The molecule has 2 atom stereocenters. The minimum atomic E-state index is -0.301. The van der Waals surface area contributed by atoms with E-state index in [0.29, 0.717) is 35.7 Å². The highest BCUT2D eigenvalue weighted by Gasteiger charge is 2.42. The second-order valence-electron chi connectivity index (χ2n) is 8.61. The smallest absolute Gasteiger partial charge is 0.174 e. The first-order valence-corrected chi connectivity index (χ1v) is 13.1. The molecule has 7 nitrogen and oxygen atoms in total. The first-order valence-electron chi connectivity index (χ1n) is 12.3. The molecule has 1 N–H and O–H groups in total. The van der Waals surface area contributed by atoms with E-state index in [-0.39, 0.29) is 12.1 Å². The molecule has 1 saturated heterocycles. The number of furan rings is 1. The summed E-state index contributed by atoms with van der Waals surface area (Å²) in [7, 11) is 1.63. The van der Waals surface area contributed by atoms with Crippen LogP contribution in [0.15, 0.2) is 83.4 Å². The number of halogens is 1. The third-order valence-corrected chi connectivity index (χ3v) is 6.81. The Bertz CT molecular complexity index is 1380. The van der Waals surface area contributed by atoms with Crippen molar-refractivity contribution in [3.63, 3.8) is 0 Å². The molecule has 1 aliphatic rings. The van der Waals surface area contributed by atoms with Gasteiger partial charge in [0, 0.05) is 24.6 Å². The lowest BCUT2D eigenvalue weighted by Gasteiger charge is -2.26. The number of rotatable bonds is 10. The number of benzene rings is 2. The Morgan fingerprint density at radius 1 is 1.03 bits per heavy atom. The van der Waals surface area contributed by atoms with E-state index in [1.807, 2.05) is 84.6 Å². The maximum Gasteiger partial charge on any atom is 0.174 e. The van der Waals surface area contributed by atoms with Crippen LogP contribution in [0.1, 0.15) is 30.5 Å². The summed E-state index contributed by atoms with van der Waals surface area (Å²) in [6.45, 7) is 3.46. The molecule has 0 spiro atoms. The van der Waals surface area contributed by atoms with E-state index in [9.17, 15) is 0 Å². The average Bonchev–Trinajstić information content (AvgIpc) is 3.55. The maximum absolute atomic E-state index is 6.60. The third kappa shape index (κ3) is 5.48. The number of ether oxygens (including phenoxy) is 3. The summed E-state index contributed by atoms with van der Waals surface area (Å²) in [5.41, 5.74) is 2.62. The van der Waals surface area contributed by atoms with E-state index in [4.69, 9.17) is 42.4 Å². The number of aromatic nitrogens is 1. The Morgan fingerprint density at radius 3 is 2.58 bits per heavy atom. The molecule has 4 aromatic rings. The Hall–Kier alpha value is -3.59. The van der Waals surface area contributed by atoms with Gasteiger partial charge in [-0.2, -0.15) is 0 Å². The topological polar surface area (TPSA) is 69.0 Å². The zero-order chi connectivity index (χ0) is 26.5. The van der Waals surface area contributed by atoms with Gasteiger partial charge in [0.2, 0.25) is 0 Å². The predicted octanol–water partition coefficient (Wildman–Crippen LogP) is 6.60. The Labute approximate surface area is 232 Å². The fourth-order valence-corrected chi connectivity index (χ4v) is 5.04. The highest BCUT2D eigenvalue weighted by atomic mass is 35.5. The first kappa shape index (κ1) is 26.0. The highest BCUT2D eigenvalue weighted by Crippen LogP contribution is 2.44. The van der Waals surface area contributed by atoms with Crippen LogP contribution in [0.4, 0.5) is 5.69 Å². The Morgan fingerprint density at radius 2 is 1.87 bits per heavy atom. The van der Waals surface area contributed by atoms with Crippen LogP contribution in [-0.4, -0.2) is 37.0 Å². The zero-order valence-electron chi connectivity index (χ0n) is 21.1. The minimum Gasteiger partial charge on any atom is -0.494 e. The van der Waals surface area contributed by atoms with Gasteiger partial charge in [-0.25, -0.2) is 0 Å². The van der Waals surface area contributed by atoms with E-state index in [0.717, 1.165) is 34.2 Å². The van der Waals surface area contributed by atoms with Crippen molar-refractivity contribution in [3.8, 4) is 22.8 Å². The number of pyridine rings is 1. The molecule has 0 saturated carbocycles. The van der Waals surface area contributed by atoms with Crippen molar-refractivity contribution >= 4 is 34.6 Å². The van der Waals surface area contributed by atoms with Crippen molar-refractivity contribution in [2.24, 2.45) is 0 Å².